The van der Waals surface area contributed by atoms with Gasteiger partial charge < -0.3 is 9.47 Å². The molecule has 0 aromatic heterocycles. The number of aryl methyl sites for hydroxylation is 1. The van der Waals surface area contributed by atoms with Gasteiger partial charge in [0.25, 0.3) is 0 Å². The molecule has 0 atom stereocenters. The third-order valence-corrected chi connectivity index (χ3v) is 4.76. The van der Waals surface area contributed by atoms with Crippen molar-refractivity contribution in [2.45, 2.75) is 20.8 Å². The lowest BCUT2D eigenvalue weighted by Gasteiger charge is -2.18. The van der Waals surface area contributed by atoms with Crippen LogP contribution in [0.15, 0.2) is 48.5 Å². The fourth-order valence-corrected chi connectivity index (χ4v) is 3.21. The molecule has 0 N–H and O–H groups in total. The Bertz CT molecular complexity index is 875. The Hall–Kier alpha value is -2.74. The Balaban J connectivity index is 2.16. The Morgan fingerprint density at radius 1 is 0.640 bits per heavy atom. The van der Waals surface area contributed by atoms with Gasteiger partial charge in [0.15, 0.2) is 0 Å². The van der Waals surface area contributed by atoms with Crippen molar-refractivity contribution in [3.63, 3.8) is 0 Å². The second-order valence-electron chi connectivity index (χ2n) is 6.21. The van der Waals surface area contributed by atoms with E-state index in [0.717, 1.165) is 22.6 Å². The predicted molar refractivity (Wildman–Crippen MR) is 103 cm³/mol. The van der Waals surface area contributed by atoms with Crippen molar-refractivity contribution in [3.05, 3.63) is 71.3 Å². The molecule has 2 nitrogen and oxygen atoms in total. The molecular formula is C23H23O2. The Kier molecular flexibility index (Phi) is 4.80. The van der Waals surface area contributed by atoms with Gasteiger partial charge in [-0.1, -0.05) is 24.3 Å². The fraction of sp³-hybridized carbons (Fsp3) is 0.217. The van der Waals surface area contributed by atoms with Crippen LogP contribution in [0.3, 0.4) is 0 Å². The lowest BCUT2D eigenvalue weighted by atomic mass is 9.87. The Labute approximate surface area is 150 Å². The van der Waals surface area contributed by atoms with E-state index in [4.69, 9.17) is 9.47 Å². The minimum Gasteiger partial charge on any atom is -0.497 e. The molecule has 0 saturated carbocycles. The van der Waals surface area contributed by atoms with Crippen molar-refractivity contribution < 1.29 is 9.47 Å². The Morgan fingerprint density at radius 3 is 1.60 bits per heavy atom. The molecule has 3 rings (SSSR count). The van der Waals surface area contributed by atoms with Crippen molar-refractivity contribution in [2.24, 2.45) is 0 Å². The second-order valence-corrected chi connectivity index (χ2v) is 6.21. The van der Waals surface area contributed by atoms with Gasteiger partial charge in [-0.15, -0.1) is 0 Å². The van der Waals surface area contributed by atoms with Crippen LogP contribution in [-0.2, 0) is 0 Å². The molecule has 127 valence electrons. The first-order valence-electron chi connectivity index (χ1n) is 8.37. The monoisotopic (exact) mass is 331 g/mol. The van der Waals surface area contributed by atoms with Gasteiger partial charge in [-0.25, -0.2) is 0 Å². The summed E-state index contributed by atoms with van der Waals surface area (Å²) in [6.45, 7) is 6.45. The SMILES string of the molecule is COc1ccc(-c2[c]c(C)c(C)c(-c3ccc(OC)cc3)c2C)cc1. The van der Waals surface area contributed by atoms with E-state index in [0.29, 0.717) is 0 Å². The first-order valence-corrected chi connectivity index (χ1v) is 8.37. The van der Waals surface area contributed by atoms with Crippen molar-refractivity contribution in [3.8, 4) is 33.8 Å². The zero-order valence-electron chi connectivity index (χ0n) is 15.4. The van der Waals surface area contributed by atoms with E-state index in [1.165, 1.54) is 27.8 Å². The molecule has 3 aromatic rings. The highest BCUT2D eigenvalue weighted by atomic mass is 16.5. The smallest absolute Gasteiger partial charge is 0.118 e. The van der Waals surface area contributed by atoms with Gasteiger partial charge in [0.1, 0.15) is 11.5 Å². The van der Waals surface area contributed by atoms with Crippen LogP contribution < -0.4 is 9.47 Å². The second kappa shape index (κ2) is 7.02. The van der Waals surface area contributed by atoms with Gasteiger partial charge >= 0.3 is 0 Å². The largest absolute Gasteiger partial charge is 0.497 e. The molecule has 0 fully saturated rings. The lowest BCUT2D eigenvalue weighted by molar-refractivity contribution is 0.415. The molecular weight excluding hydrogens is 308 g/mol. The van der Waals surface area contributed by atoms with Crippen LogP contribution in [-0.4, -0.2) is 14.2 Å². The van der Waals surface area contributed by atoms with Gasteiger partial charge in [-0.05, 0) is 90.0 Å². The van der Waals surface area contributed by atoms with Crippen molar-refractivity contribution in [1.82, 2.24) is 0 Å². The zero-order chi connectivity index (χ0) is 18.0. The van der Waals surface area contributed by atoms with E-state index < -0.39 is 0 Å². The van der Waals surface area contributed by atoms with Crippen LogP contribution in [0.4, 0.5) is 0 Å². The molecule has 0 heterocycles. The quantitative estimate of drug-likeness (QED) is 0.605. The number of benzene rings is 3. The highest BCUT2D eigenvalue weighted by molar-refractivity contribution is 5.81. The molecule has 0 bridgehead atoms. The van der Waals surface area contributed by atoms with E-state index >= 15 is 0 Å². The van der Waals surface area contributed by atoms with Crippen LogP contribution in [0.2, 0.25) is 0 Å². The predicted octanol–water partition coefficient (Wildman–Crippen LogP) is 5.76. The van der Waals surface area contributed by atoms with E-state index in [-0.39, 0.29) is 0 Å². The van der Waals surface area contributed by atoms with Gasteiger partial charge in [0.05, 0.1) is 14.2 Å². The third-order valence-electron chi connectivity index (χ3n) is 4.76. The number of hydrogen-bond acceptors (Lipinski definition) is 2. The molecule has 0 aliphatic rings. The highest BCUT2D eigenvalue weighted by Gasteiger charge is 2.14. The number of rotatable bonds is 4. The summed E-state index contributed by atoms with van der Waals surface area (Å²) in [7, 11) is 3.37. The van der Waals surface area contributed by atoms with Crippen molar-refractivity contribution in [2.75, 3.05) is 14.2 Å². The number of hydrogen-bond donors (Lipinski definition) is 0. The summed E-state index contributed by atoms with van der Waals surface area (Å²) in [5, 5.41) is 0. The maximum absolute atomic E-state index is 5.29. The van der Waals surface area contributed by atoms with Gasteiger partial charge in [0, 0.05) is 0 Å². The molecule has 1 radical (unpaired) electrons. The van der Waals surface area contributed by atoms with Crippen LogP contribution in [0, 0.1) is 26.8 Å². The molecule has 0 spiro atoms. The van der Waals surface area contributed by atoms with Crippen molar-refractivity contribution >= 4 is 0 Å². The summed E-state index contributed by atoms with van der Waals surface area (Å²) in [5.41, 5.74) is 8.42. The zero-order valence-corrected chi connectivity index (χ0v) is 15.4. The maximum atomic E-state index is 5.29. The average Bonchev–Trinajstić information content (AvgIpc) is 2.65. The summed E-state index contributed by atoms with van der Waals surface area (Å²) < 4.78 is 10.6. The van der Waals surface area contributed by atoms with Gasteiger partial charge in [-0.3, -0.25) is 0 Å². The number of ether oxygens (including phenoxy) is 2. The normalized spacial score (nSPS) is 10.6. The van der Waals surface area contributed by atoms with Crippen LogP contribution in [0.5, 0.6) is 11.5 Å². The van der Waals surface area contributed by atoms with Gasteiger partial charge in [-0.2, -0.15) is 0 Å². The summed E-state index contributed by atoms with van der Waals surface area (Å²) in [6, 6.07) is 20.0. The molecule has 0 unspecified atom stereocenters. The molecule has 2 heteroatoms. The summed E-state index contributed by atoms with van der Waals surface area (Å²) in [5.74, 6) is 1.73. The van der Waals surface area contributed by atoms with Crippen LogP contribution in [0.25, 0.3) is 22.3 Å². The topological polar surface area (TPSA) is 18.5 Å². The van der Waals surface area contributed by atoms with E-state index in [9.17, 15) is 0 Å². The third kappa shape index (κ3) is 3.25. The number of methoxy groups -OCH3 is 2. The minimum atomic E-state index is 0.862. The summed E-state index contributed by atoms with van der Waals surface area (Å²) in [6.07, 6.45) is 0. The Morgan fingerprint density at radius 2 is 1.12 bits per heavy atom. The first-order chi connectivity index (χ1) is 12.0. The van der Waals surface area contributed by atoms with Crippen LogP contribution >= 0.6 is 0 Å². The summed E-state index contributed by atoms with van der Waals surface area (Å²) in [4.78, 5) is 0. The minimum absolute atomic E-state index is 0.862. The molecule has 3 aromatic carbocycles. The molecule has 0 amide bonds. The molecule has 25 heavy (non-hydrogen) atoms. The van der Waals surface area contributed by atoms with Crippen LogP contribution in [0.1, 0.15) is 16.7 Å². The maximum Gasteiger partial charge on any atom is 0.118 e. The first kappa shape index (κ1) is 17.1. The highest BCUT2D eigenvalue weighted by Crippen LogP contribution is 2.37. The van der Waals surface area contributed by atoms with E-state index in [1.54, 1.807) is 14.2 Å². The lowest BCUT2D eigenvalue weighted by Crippen LogP contribution is -1.96. The molecule has 0 saturated heterocycles. The standard InChI is InChI=1S/C23H23O2/c1-15-14-22(18-6-10-20(24-4)11-7-18)17(3)23(16(15)2)19-8-12-21(25-5)13-9-19/h6-13H,1-5H3. The van der Waals surface area contributed by atoms with Gasteiger partial charge in [0.2, 0.25) is 0 Å². The van der Waals surface area contributed by atoms with Crippen molar-refractivity contribution in [1.29, 1.82) is 0 Å². The average molecular weight is 331 g/mol. The van der Waals surface area contributed by atoms with E-state index in [2.05, 4.69) is 51.1 Å². The van der Waals surface area contributed by atoms with E-state index in [1.807, 2.05) is 24.3 Å². The molecule has 0 aliphatic carbocycles. The summed E-state index contributed by atoms with van der Waals surface area (Å²) >= 11 is 0. The fourth-order valence-electron chi connectivity index (χ4n) is 3.21. The molecule has 0 aliphatic heterocycles.